The Hall–Kier alpha value is -2.54. The van der Waals surface area contributed by atoms with Gasteiger partial charge in [0.25, 0.3) is 0 Å². The van der Waals surface area contributed by atoms with E-state index in [4.69, 9.17) is 11.6 Å². The molecule has 8 heteroatoms. The van der Waals surface area contributed by atoms with E-state index in [0.29, 0.717) is 11.0 Å². The molecule has 1 N–H and O–H groups in total. The number of benzene rings is 1. The van der Waals surface area contributed by atoms with Gasteiger partial charge in [0.05, 0.1) is 17.2 Å². The molecule has 0 saturated carbocycles. The Balaban J connectivity index is 1.83. The fourth-order valence-electron chi connectivity index (χ4n) is 1.69. The maximum Gasteiger partial charge on any atom is 0.247 e. The Morgan fingerprint density at radius 1 is 1.25 bits per heavy atom. The van der Waals surface area contributed by atoms with E-state index in [2.05, 4.69) is 25.6 Å². The van der Waals surface area contributed by atoms with Crippen LogP contribution in [0.1, 0.15) is 0 Å². The first-order valence-electron chi connectivity index (χ1n) is 5.78. The molecular formula is C12H9ClN6O. The highest BCUT2D eigenvalue weighted by molar-refractivity contribution is 6.32. The van der Waals surface area contributed by atoms with E-state index >= 15 is 0 Å². The van der Waals surface area contributed by atoms with Crippen LogP contribution in [0.25, 0.3) is 11.0 Å². The number of nitrogens with one attached hydrogen (secondary N) is 1. The van der Waals surface area contributed by atoms with Crippen molar-refractivity contribution in [3.8, 4) is 0 Å². The summed E-state index contributed by atoms with van der Waals surface area (Å²) < 4.78 is 1.40. The van der Waals surface area contributed by atoms with Crippen molar-refractivity contribution >= 4 is 34.4 Å². The van der Waals surface area contributed by atoms with Crippen LogP contribution < -0.4 is 5.32 Å². The summed E-state index contributed by atoms with van der Waals surface area (Å²) >= 11 is 6.01. The summed E-state index contributed by atoms with van der Waals surface area (Å²) in [6, 6.07) is 7.28. The third kappa shape index (κ3) is 2.57. The highest BCUT2D eigenvalue weighted by Crippen LogP contribution is 2.20. The van der Waals surface area contributed by atoms with Crippen molar-refractivity contribution in [3.05, 3.63) is 41.8 Å². The van der Waals surface area contributed by atoms with Crippen LogP contribution in [0, 0.1) is 0 Å². The SMILES string of the molecule is O=C(Cn1ccnn1)Nc1nc2ccccc2nc1Cl. The fraction of sp³-hybridized carbons (Fsp3) is 0.0833. The number of aromatic nitrogens is 5. The molecule has 0 bridgehead atoms. The third-order valence-electron chi connectivity index (χ3n) is 2.56. The molecular weight excluding hydrogens is 280 g/mol. The van der Waals surface area contributed by atoms with E-state index < -0.39 is 0 Å². The zero-order chi connectivity index (χ0) is 13.9. The number of amides is 1. The molecule has 3 rings (SSSR count). The summed E-state index contributed by atoms with van der Waals surface area (Å²) in [5.74, 6) is -0.0718. The molecule has 0 aliphatic rings. The van der Waals surface area contributed by atoms with Gasteiger partial charge in [0.1, 0.15) is 6.54 Å². The summed E-state index contributed by atoms with van der Waals surface area (Å²) in [5, 5.41) is 10.1. The quantitative estimate of drug-likeness (QED) is 0.789. The van der Waals surface area contributed by atoms with Crippen molar-refractivity contribution in [1.82, 2.24) is 25.0 Å². The van der Waals surface area contributed by atoms with Crippen LogP contribution in [0.4, 0.5) is 5.82 Å². The molecule has 2 aromatic heterocycles. The summed E-state index contributed by atoms with van der Waals surface area (Å²) in [4.78, 5) is 20.3. The first kappa shape index (κ1) is 12.5. The van der Waals surface area contributed by atoms with Crippen LogP contribution in [0.2, 0.25) is 5.15 Å². The molecule has 0 fully saturated rings. The lowest BCUT2D eigenvalue weighted by atomic mass is 10.3. The van der Waals surface area contributed by atoms with E-state index in [0.717, 1.165) is 0 Å². The van der Waals surface area contributed by atoms with Gasteiger partial charge in [-0.15, -0.1) is 5.10 Å². The molecule has 0 unspecified atom stereocenters. The van der Waals surface area contributed by atoms with Crippen LogP contribution >= 0.6 is 11.6 Å². The summed E-state index contributed by atoms with van der Waals surface area (Å²) in [5.41, 5.74) is 1.33. The van der Waals surface area contributed by atoms with Crippen LogP contribution in [-0.4, -0.2) is 30.9 Å². The molecule has 7 nitrogen and oxygen atoms in total. The molecule has 3 aromatic rings. The minimum atomic E-state index is -0.304. The first-order chi connectivity index (χ1) is 9.72. The standard InChI is InChI=1S/C12H9ClN6O/c13-11-12(16-9-4-2-1-3-8(9)15-11)17-10(20)7-19-6-5-14-18-19/h1-6H,7H2,(H,16,17,20). The van der Waals surface area contributed by atoms with Gasteiger partial charge in [0.2, 0.25) is 5.91 Å². The summed E-state index contributed by atoms with van der Waals surface area (Å²) in [7, 11) is 0. The van der Waals surface area contributed by atoms with Crippen molar-refractivity contribution in [2.75, 3.05) is 5.32 Å². The van der Waals surface area contributed by atoms with Gasteiger partial charge in [-0.3, -0.25) is 4.79 Å². The number of para-hydroxylation sites is 2. The average molecular weight is 289 g/mol. The lowest BCUT2D eigenvalue weighted by molar-refractivity contribution is -0.116. The number of hydrogen-bond donors (Lipinski definition) is 1. The minimum Gasteiger partial charge on any atom is -0.306 e. The molecule has 100 valence electrons. The normalized spacial score (nSPS) is 10.7. The zero-order valence-electron chi connectivity index (χ0n) is 10.2. The third-order valence-corrected chi connectivity index (χ3v) is 2.83. The highest BCUT2D eigenvalue weighted by Gasteiger charge is 2.10. The Labute approximate surface area is 118 Å². The van der Waals surface area contributed by atoms with Gasteiger partial charge in [-0.2, -0.15) is 0 Å². The number of nitrogens with zero attached hydrogens (tertiary/aromatic N) is 5. The van der Waals surface area contributed by atoms with Gasteiger partial charge >= 0.3 is 0 Å². The predicted octanol–water partition coefficient (Wildman–Crippen LogP) is 1.51. The van der Waals surface area contributed by atoms with E-state index in [-0.39, 0.29) is 23.4 Å². The summed E-state index contributed by atoms with van der Waals surface area (Å²) in [6.07, 6.45) is 3.09. The van der Waals surface area contributed by atoms with Crippen molar-refractivity contribution in [2.24, 2.45) is 0 Å². The van der Waals surface area contributed by atoms with Gasteiger partial charge in [-0.05, 0) is 12.1 Å². The molecule has 0 aliphatic carbocycles. The molecule has 0 aliphatic heterocycles. The summed E-state index contributed by atoms with van der Waals surface area (Å²) in [6.45, 7) is 0.0326. The van der Waals surface area contributed by atoms with Crippen molar-refractivity contribution in [2.45, 2.75) is 6.54 Å². The average Bonchev–Trinajstić information content (AvgIpc) is 2.92. The molecule has 0 spiro atoms. The zero-order valence-corrected chi connectivity index (χ0v) is 10.9. The van der Waals surface area contributed by atoms with Crippen LogP contribution in [0.5, 0.6) is 0 Å². The largest absolute Gasteiger partial charge is 0.306 e. The highest BCUT2D eigenvalue weighted by atomic mass is 35.5. The van der Waals surface area contributed by atoms with Crippen molar-refractivity contribution in [3.63, 3.8) is 0 Å². The predicted molar refractivity (Wildman–Crippen MR) is 73.2 cm³/mol. The van der Waals surface area contributed by atoms with Crippen molar-refractivity contribution in [1.29, 1.82) is 0 Å². The minimum absolute atomic E-state index is 0.0326. The Kier molecular flexibility index (Phi) is 3.26. The van der Waals surface area contributed by atoms with Gasteiger partial charge in [-0.25, -0.2) is 14.6 Å². The van der Waals surface area contributed by atoms with E-state index in [9.17, 15) is 4.79 Å². The van der Waals surface area contributed by atoms with Gasteiger partial charge in [0.15, 0.2) is 11.0 Å². The monoisotopic (exact) mass is 288 g/mol. The Morgan fingerprint density at radius 3 is 2.70 bits per heavy atom. The van der Waals surface area contributed by atoms with E-state index in [1.165, 1.54) is 10.9 Å². The first-order valence-corrected chi connectivity index (χ1v) is 6.16. The number of carbonyl (C=O) groups excluding carboxylic acids is 1. The second kappa shape index (κ2) is 5.22. The molecule has 20 heavy (non-hydrogen) atoms. The second-order valence-corrected chi connectivity index (χ2v) is 4.36. The van der Waals surface area contributed by atoms with Gasteiger partial charge in [0, 0.05) is 6.20 Å². The van der Waals surface area contributed by atoms with Gasteiger partial charge in [-0.1, -0.05) is 28.9 Å². The maximum atomic E-state index is 11.8. The van der Waals surface area contributed by atoms with Crippen LogP contribution in [0.15, 0.2) is 36.7 Å². The number of fused-ring (bicyclic) bond motifs is 1. The van der Waals surface area contributed by atoms with Crippen LogP contribution in [0.3, 0.4) is 0 Å². The Morgan fingerprint density at radius 2 is 2.00 bits per heavy atom. The van der Waals surface area contributed by atoms with Crippen molar-refractivity contribution < 1.29 is 4.79 Å². The van der Waals surface area contributed by atoms with Crippen LogP contribution in [-0.2, 0) is 11.3 Å². The molecule has 1 aromatic carbocycles. The van der Waals surface area contributed by atoms with E-state index in [1.54, 1.807) is 18.3 Å². The molecule has 1 amide bonds. The molecule has 0 saturated heterocycles. The Bertz CT molecular complexity index is 758. The smallest absolute Gasteiger partial charge is 0.247 e. The van der Waals surface area contributed by atoms with Gasteiger partial charge < -0.3 is 5.32 Å². The number of anilines is 1. The number of rotatable bonds is 3. The number of hydrogen-bond acceptors (Lipinski definition) is 5. The maximum absolute atomic E-state index is 11.8. The second-order valence-electron chi connectivity index (χ2n) is 4.00. The molecule has 2 heterocycles. The lowest BCUT2D eigenvalue weighted by Gasteiger charge is -2.07. The fourth-order valence-corrected chi connectivity index (χ4v) is 1.87. The molecule has 0 radical (unpaired) electrons. The molecule has 0 atom stereocenters. The lowest BCUT2D eigenvalue weighted by Crippen LogP contribution is -2.20. The number of carbonyl (C=O) groups is 1. The number of halogens is 1. The van der Waals surface area contributed by atoms with E-state index in [1.807, 2.05) is 12.1 Å². The topological polar surface area (TPSA) is 85.6 Å².